The van der Waals surface area contributed by atoms with Crippen LogP contribution in [0.2, 0.25) is 0 Å². The number of hydrogen-bond acceptors (Lipinski definition) is 0. The Morgan fingerprint density at radius 2 is 0.950 bits per heavy atom. The first kappa shape index (κ1) is 16.1. The van der Waals surface area contributed by atoms with Crippen LogP contribution in [0.25, 0.3) is 0 Å². The van der Waals surface area contributed by atoms with Gasteiger partial charge in [0.05, 0.1) is 0 Å². The number of rotatable bonds is 6. The van der Waals surface area contributed by atoms with Crippen LogP contribution in [0.4, 0.5) is 0 Å². The molecule has 116 valence electrons. The lowest BCUT2D eigenvalue weighted by molar-refractivity contribution is 0.284. The predicted octanol–water partition coefficient (Wildman–Crippen LogP) is 6.76. The fraction of sp³-hybridized carbons (Fsp3) is 0.900. The van der Waals surface area contributed by atoms with Gasteiger partial charge in [0.2, 0.25) is 0 Å². The maximum absolute atomic E-state index is 2.60. The zero-order valence-corrected chi connectivity index (χ0v) is 13.9. The van der Waals surface area contributed by atoms with Crippen LogP contribution in [-0.4, -0.2) is 0 Å². The van der Waals surface area contributed by atoms with Crippen molar-refractivity contribution in [3.63, 3.8) is 0 Å². The van der Waals surface area contributed by atoms with Crippen molar-refractivity contribution in [2.45, 2.75) is 90.9 Å². The van der Waals surface area contributed by atoms with Crippen LogP contribution < -0.4 is 0 Å². The Morgan fingerprint density at radius 1 is 0.600 bits per heavy atom. The van der Waals surface area contributed by atoms with Crippen LogP contribution in [-0.2, 0) is 0 Å². The Kier molecular flexibility index (Phi) is 7.17. The zero-order chi connectivity index (χ0) is 14.2. The summed E-state index contributed by atoms with van der Waals surface area (Å²) in [5.74, 6) is 3.93. The molecule has 0 amide bonds. The minimum Gasteiger partial charge on any atom is -0.0851 e. The van der Waals surface area contributed by atoms with E-state index in [2.05, 4.69) is 26.0 Å². The summed E-state index contributed by atoms with van der Waals surface area (Å²) in [5.41, 5.74) is 0. The first-order chi connectivity index (χ1) is 9.81. The Hall–Kier alpha value is -0.260. The summed E-state index contributed by atoms with van der Waals surface area (Å²) in [6, 6.07) is 0. The lowest BCUT2D eigenvalue weighted by Gasteiger charge is -2.28. The van der Waals surface area contributed by atoms with Gasteiger partial charge in [-0.25, -0.2) is 0 Å². The summed E-state index contributed by atoms with van der Waals surface area (Å²) in [6.07, 6.45) is 22.7. The molecule has 0 aromatic carbocycles. The van der Waals surface area contributed by atoms with Gasteiger partial charge in [-0.1, -0.05) is 51.7 Å². The molecular formula is C20H36. The molecule has 2 aliphatic rings. The van der Waals surface area contributed by atoms with E-state index in [1.165, 1.54) is 77.0 Å². The molecule has 0 bridgehead atoms. The van der Waals surface area contributed by atoms with E-state index < -0.39 is 0 Å². The van der Waals surface area contributed by atoms with E-state index in [-0.39, 0.29) is 0 Å². The maximum atomic E-state index is 2.60. The number of allylic oxidation sites excluding steroid dienone is 2. The van der Waals surface area contributed by atoms with Gasteiger partial charge in [0.1, 0.15) is 0 Å². The molecule has 0 nitrogen and oxygen atoms in total. The molecule has 0 aromatic heterocycles. The molecule has 2 fully saturated rings. The van der Waals surface area contributed by atoms with Gasteiger partial charge in [-0.15, -0.1) is 0 Å². The van der Waals surface area contributed by atoms with Crippen LogP contribution in [0.5, 0.6) is 0 Å². The van der Waals surface area contributed by atoms with Gasteiger partial charge in [0, 0.05) is 0 Å². The Balaban J connectivity index is 1.64. The van der Waals surface area contributed by atoms with Gasteiger partial charge in [0.25, 0.3) is 0 Å². The molecule has 0 atom stereocenters. The lowest BCUT2D eigenvalue weighted by atomic mass is 9.77. The van der Waals surface area contributed by atoms with Crippen molar-refractivity contribution in [2.75, 3.05) is 0 Å². The summed E-state index contributed by atoms with van der Waals surface area (Å²) in [5, 5.41) is 0. The van der Waals surface area contributed by atoms with E-state index in [9.17, 15) is 0 Å². The highest BCUT2D eigenvalue weighted by atomic mass is 14.3. The molecule has 0 spiro atoms. The van der Waals surface area contributed by atoms with Crippen molar-refractivity contribution < 1.29 is 0 Å². The molecule has 0 saturated heterocycles. The second-order valence-corrected chi connectivity index (χ2v) is 7.52. The summed E-state index contributed by atoms with van der Waals surface area (Å²) in [7, 11) is 0. The standard InChI is InChI=1S/C20H36/c1-3-5-17-7-11-19(12-8-17)15-16-20-13-9-18(6-4-2)10-14-20/h15-20H,3-14H2,1-2H3/b16-15-. The van der Waals surface area contributed by atoms with Crippen LogP contribution in [0.3, 0.4) is 0 Å². The highest BCUT2D eigenvalue weighted by Gasteiger charge is 2.21. The van der Waals surface area contributed by atoms with Gasteiger partial charge in [-0.2, -0.15) is 0 Å². The monoisotopic (exact) mass is 276 g/mol. The van der Waals surface area contributed by atoms with Crippen LogP contribution in [0.1, 0.15) is 90.9 Å². The minimum absolute atomic E-state index is 0.913. The molecule has 0 N–H and O–H groups in total. The average molecular weight is 277 g/mol. The van der Waals surface area contributed by atoms with Gasteiger partial charge in [-0.3, -0.25) is 0 Å². The molecule has 0 aromatic rings. The topological polar surface area (TPSA) is 0 Å². The molecule has 0 heteroatoms. The quantitative estimate of drug-likeness (QED) is 0.470. The first-order valence-corrected chi connectivity index (χ1v) is 9.50. The third kappa shape index (κ3) is 5.26. The SMILES string of the molecule is CCCC1CCC(/C=C\C2CCC(CCC)CC2)CC1. The van der Waals surface area contributed by atoms with Crippen molar-refractivity contribution in [1.82, 2.24) is 0 Å². The van der Waals surface area contributed by atoms with Crippen molar-refractivity contribution in [2.24, 2.45) is 23.7 Å². The summed E-state index contributed by atoms with van der Waals surface area (Å²) >= 11 is 0. The smallest absolute Gasteiger partial charge is 0.0233 e. The van der Waals surface area contributed by atoms with E-state index in [0.717, 1.165) is 23.7 Å². The van der Waals surface area contributed by atoms with Crippen molar-refractivity contribution in [3.05, 3.63) is 12.2 Å². The van der Waals surface area contributed by atoms with Crippen molar-refractivity contribution in [1.29, 1.82) is 0 Å². The second kappa shape index (κ2) is 8.90. The maximum Gasteiger partial charge on any atom is -0.0233 e. The van der Waals surface area contributed by atoms with E-state index in [4.69, 9.17) is 0 Å². The molecular weight excluding hydrogens is 240 g/mol. The highest BCUT2D eigenvalue weighted by molar-refractivity contribution is 4.96. The Morgan fingerprint density at radius 3 is 1.25 bits per heavy atom. The summed E-state index contributed by atoms with van der Waals surface area (Å²) in [4.78, 5) is 0. The van der Waals surface area contributed by atoms with Gasteiger partial charge in [0.15, 0.2) is 0 Å². The highest BCUT2D eigenvalue weighted by Crippen LogP contribution is 2.35. The second-order valence-electron chi connectivity index (χ2n) is 7.52. The molecule has 0 aliphatic heterocycles. The van der Waals surface area contributed by atoms with Crippen molar-refractivity contribution >= 4 is 0 Å². The average Bonchev–Trinajstić information content (AvgIpc) is 2.49. The molecule has 0 unspecified atom stereocenters. The van der Waals surface area contributed by atoms with E-state index in [1.54, 1.807) is 0 Å². The zero-order valence-electron chi connectivity index (χ0n) is 13.9. The third-order valence-electron chi connectivity index (χ3n) is 5.83. The third-order valence-corrected chi connectivity index (χ3v) is 5.83. The summed E-state index contributed by atoms with van der Waals surface area (Å²) < 4.78 is 0. The van der Waals surface area contributed by atoms with E-state index in [0.29, 0.717) is 0 Å². The molecule has 2 aliphatic carbocycles. The largest absolute Gasteiger partial charge is 0.0851 e. The van der Waals surface area contributed by atoms with Gasteiger partial charge < -0.3 is 0 Å². The molecule has 20 heavy (non-hydrogen) atoms. The molecule has 2 rings (SSSR count). The predicted molar refractivity (Wildman–Crippen MR) is 89.9 cm³/mol. The van der Waals surface area contributed by atoms with Crippen LogP contribution in [0, 0.1) is 23.7 Å². The van der Waals surface area contributed by atoms with Crippen molar-refractivity contribution in [3.8, 4) is 0 Å². The fourth-order valence-corrected chi connectivity index (χ4v) is 4.47. The first-order valence-electron chi connectivity index (χ1n) is 9.50. The minimum atomic E-state index is 0.913. The van der Waals surface area contributed by atoms with Crippen LogP contribution >= 0.6 is 0 Å². The molecule has 2 saturated carbocycles. The fourth-order valence-electron chi connectivity index (χ4n) is 4.47. The van der Waals surface area contributed by atoms with Gasteiger partial charge in [-0.05, 0) is 75.0 Å². The normalized spacial score (nSPS) is 35.5. The van der Waals surface area contributed by atoms with E-state index >= 15 is 0 Å². The van der Waals surface area contributed by atoms with Crippen LogP contribution in [0.15, 0.2) is 12.2 Å². The molecule has 0 radical (unpaired) electrons. The lowest BCUT2D eigenvalue weighted by Crippen LogP contribution is -2.15. The number of hydrogen-bond donors (Lipinski definition) is 0. The van der Waals surface area contributed by atoms with E-state index in [1.807, 2.05) is 0 Å². The summed E-state index contributed by atoms with van der Waals surface area (Å²) in [6.45, 7) is 4.67. The molecule has 0 heterocycles. The van der Waals surface area contributed by atoms with Gasteiger partial charge >= 0.3 is 0 Å². The Labute approximate surface area is 127 Å². The Bertz CT molecular complexity index is 234.